The molecule has 88 valence electrons. The van der Waals surface area contributed by atoms with Gasteiger partial charge in [0.25, 0.3) is 5.82 Å². The molecule has 0 radical (unpaired) electrons. The number of esters is 1. The van der Waals surface area contributed by atoms with Crippen LogP contribution in [0.1, 0.15) is 30.4 Å². The van der Waals surface area contributed by atoms with Crippen molar-refractivity contribution in [3.05, 3.63) is 5.82 Å². The van der Waals surface area contributed by atoms with Crippen LogP contribution in [0.3, 0.4) is 0 Å². The smallest absolute Gasteiger partial charge is 0.378 e. The Hall–Kier alpha value is -1.50. The Morgan fingerprint density at radius 3 is 3.25 bits per heavy atom. The van der Waals surface area contributed by atoms with Crippen LogP contribution in [0.4, 0.5) is 0 Å². The highest BCUT2D eigenvalue weighted by Gasteiger charge is 2.22. The number of hydrogen-bond donors (Lipinski definition) is 0. The van der Waals surface area contributed by atoms with Crippen LogP contribution in [0.5, 0.6) is 0 Å². The molecule has 0 N–H and O–H groups in total. The van der Waals surface area contributed by atoms with Gasteiger partial charge in [-0.3, -0.25) is 0 Å². The van der Waals surface area contributed by atoms with Crippen LogP contribution in [0, 0.1) is 0 Å². The molecule has 0 aliphatic carbocycles. The molecule has 0 amide bonds. The van der Waals surface area contributed by atoms with Gasteiger partial charge in [0.1, 0.15) is 0 Å². The molecule has 2 heterocycles. The first-order valence-electron chi connectivity index (χ1n) is 5.36. The molecular weight excluding hydrogens is 212 g/mol. The SMILES string of the molecule is CCOC(=O)c1nnnn1CC1CCCO1. The third kappa shape index (κ3) is 2.35. The van der Waals surface area contributed by atoms with Gasteiger partial charge in [-0.25, -0.2) is 9.48 Å². The van der Waals surface area contributed by atoms with Crippen molar-refractivity contribution in [1.82, 2.24) is 20.2 Å². The van der Waals surface area contributed by atoms with Crippen LogP contribution in [-0.4, -0.2) is 45.5 Å². The van der Waals surface area contributed by atoms with Crippen LogP contribution >= 0.6 is 0 Å². The Morgan fingerprint density at radius 1 is 1.69 bits per heavy atom. The lowest BCUT2D eigenvalue weighted by Crippen LogP contribution is -2.21. The zero-order chi connectivity index (χ0) is 11.4. The number of aromatic nitrogens is 4. The van der Waals surface area contributed by atoms with Crippen LogP contribution in [-0.2, 0) is 16.0 Å². The molecule has 0 bridgehead atoms. The molecule has 1 aromatic rings. The lowest BCUT2D eigenvalue weighted by Gasteiger charge is -2.09. The fourth-order valence-electron chi connectivity index (χ4n) is 1.65. The third-order valence-electron chi connectivity index (χ3n) is 2.39. The van der Waals surface area contributed by atoms with Gasteiger partial charge in [-0.15, -0.1) is 5.10 Å². The van der Waals surface area contributed by atoms with E-state index in [0.717, 1.165) is 19.4 Å². The molecule has 0 spiro atoms. The van der Waals surface area contributed by atoms with Crippen LogP contribution in [0.15, 0.2) is 0 Å². The van der Waals surface area contributed by atoms with Gasteiger partial charge in [-0.1, -0.05) is 0 Å². The van der Waals surface area contributed by atoms with Gasteiger partial charge in [0, 0.05) is 6.61 Å². The van der Waals surface area contributed by atoms with Crippen molar-refractivity contribution in [3.63, 3.8) is 0 Å². The molecule has 7 heteroatoms. The summed E-state index contributed by atoms with van der Waals surface area (Å²) in [7, 11) is 0. The van der Waals surface area contributed by atoms with Gasteiger partial charge in [-0.05, 0) is 30.2 Å². The monoisotopic (exact) mass is 226 g/mol. The van der Waals surface area contributed by atoms with Gasteiger partial charge < -0.3 is 9.47 Å². The number of tetrazole rings is 1. The van der Waals surface area contributed by atoms with Gasteiger partial charge in [-0.2, -0.15) is 0 Å². The number of carbonyl (C=O) groups excluding carboxylic acids is 1. The maximum Gasteiger partial charge on any atom is 0.378 e. The summed E-state index contributed by atoms with van der Waals surface area (Å²) in [5, 5.41) is 10.9. The minimum absolute atomic E-state index is 0.0941. The van der Waals surface area contributed by atoms with E-state index in [1.807, 2.05) is 0 Å². The van der Waals surface area contributed by atoms with Crippen molar-refractivity contribution < 1.29 is 14.3 Å². The fourth-order valence-corrected chi connectivity index (χ4v) is 1.65. The van der Waals surface area contributed by atoms with Gasteiger partial charge >= 0.3 is 5.97 Å². The number of ether oxygens (including phenoxy) is 2. The number of carbonyl (C=O) groups is 1. The topological polar surface area (TPSA) is 79.1 Å². The summed E-state index contributed by atoms with van der Waals surface area (Å²) in [4.78, 5) is 11.5. The number of hydrogen-bond acceptors (Lipinski definition) is 6. The molecule has 2 rings (SSSR count). The van der Waals surface area contributed by atoms with E-state index < -0.39 is 5.97 Å². The highest BCUT2D eigenvalue weighted by atomic mass is 16.5. The Kier molecular flexibility index (Phi) is 3.45. The average molecular weight is 226 g/mol. The van der Waals surface area contributed by atoms with Crippen LogP contribution in [0.2, 0.25) is 0 Å². The maximum absolute atomic E-state index is 11.5. The molecule has 1 fully saturated rings. The van der Waals surface area contributed by atoms with E-state index in [1.54, 1.807) is 6.92 Å². The molecule has 1 saturated heterocycles. The van der Waals surface area contributed by atoms with E-state index in [1.165, 1.54) is 4.68 Å². The molecule has 1 aliphatic rings. The second kappa shape index (κ2) is 5.02. The lowest BCUT2D eigenvalue weighted by molar-refractivity contribution is 0.0492. The highest BCUT2D eigenvalue weighted by molar-refractivity contribution is 5.85. The summed E-state index contributed by atoms with van der Waals surface area (Å²) in [5.41, 5.74) is 0. The standard InChI is InChI=1S/C9H14N4O3/c1-2-15-9(14)8-10-11-12-13(8)6-7-4-3-5-16-7/h7H,2-6H2,1H3. The normalized spacial score (nSPS) is 19.9. The molecule has 0 saturated carbocycles. The molecule has 0 aromatic carbocycles. The van der Waals surface area contributed by atoms with Crippen LogP contribution in [0.25, 0.3) is 0 Å². The second-order valence-electron chi connectivity index (χ2n) is 3.54. The van der Waals surface area contributed by atoms with E-state index in [2.05, 4.69) is 15.5 Å². The summed E-state index contributed by atoms with van der Waals surface area (Å²) in [6.07, 6.45) is 2.11. The quantitative estimate of drug-likeness (QED) is 0.674. The molecule has 1 unspecified atom stereocenters. The van der Waals surface area contributed by atoms with Crippen molar-refractivity contribution in [2.45, 2.75) is 32.4 Å². The molecule has 1 atom stereocenters. The fraction of sp³-hybridized carbons (Fsp3) is 0.778. The lowest BCUT2D eigenvalue weighted by atomic mass is 10.2. The Morgan fingerprint density at radius 2 is 2.56 bits per heavy atom. The first-order valence-corrected chi connectivity index (χ1v) is 5.36. The Labute approximate surface area is 92.7 Å². The number of rotatable bonds is 4. The van der Waals surface area contributed by atoms with Gasteiger partial charge in [0.2, 0.25) is 0 Å². The third-order valence-corrected chi connectivity index (χ3v) is 2.39. The largest absolute Gasteiger partial charge is 0.460 e. The average Bonchev–Trinajstić information content (AvgIpc) is 2.90. The van der Waals surface area contributed by atoms with Crippen molar-refractivity contribution in [1.29, 1.82) is 0 Å². The maximum atomic E-state index is 11.5. The van der Waals surface area contributed by atoms with E-state index in [9.17, 15) is 4.79 Å². The van der Waals surface area contributed by atoms with Crippen LogP contribution < -0.4 is 0 Å². The van der Waals surface area contributed by atoms with E-state index >= 15 is 0 Å². The van der Waals surface area contributed by atoms with E-state index in [4.69, 9.17) is 9.47 Å². The van der Waals surface area contributed by atoms with Crippen molar-refractivity contribution in [2.24, 2.45) is 0 Å². The second-order valence-corrected chi connectivity index (χ2v) is 3.54. The first-order chi connectivity index (χ1) is 7.81. The summed E-state index contributed by atoms with van der Waals surface area (Å²) < 4.78 is 11.7. The zero-order valence-electron chi connectivity index (χ0n) is 9.13. The molecule has 7 nitrogen and oxygen atoms in total. The molecule has 1 aromatic heterocycles. The highest BCUT2D eigenvalue weighted by Crippen LogP contribution is 2.14. The summed E-state index contributed by atoms with van der Waals surface area (Å²) in [6.45, 7) is 3.32. The molecular formula is C9H14N4O3. The van der Waals surface area contributed by atoms with E-state index in [0.29, 0.717) is 13.2 Å². The number of nitrogens with zero attached hydrogens (tertiary/aromatic N) is 4. The Bertz CT molecular complexity index is 359. The van der Waals surface area contributed by atoms with Gasteiger partial charge in [0.05, 0.1) is 19.3 Å². The summed E-state index contributed by atoms with van der Waals surface area (Å²) >= 11 is 0. The zero-order valence-corrected chi connectivity index (χ0v) is 9.13. The van der Waals surface area contributed by atoms with Crippen molar-refractivity contribution in [3.8, 4) is 0 Å². The summed E-state index contributed by atoms with van der Waals surface area (Å²) in [6, 6.07) is 0. The summed E-state index contributed by atoms with van der Waals surface area (Å²) in [5.74, 6) is -0.358. The minimum Gasteiger partial charge on any atom is -0.460 e. The molecule has 1 aliphatic heterocycles. The predicted molar refractivity (Wildman–Crippen MR) is 52.7 cm³/mol. The predicted octanol–water partition coefficient (Wildman–Crippen LogP) is 0.0288. The van der Waals surface area contributed by atoms with Crippen molar-refractivity contribution in [2.75, 3.05) is 13.2 Å². The van der Waals surface area contributed by atoms with E-state index in [-0.39, 0.29) is 11.9 Å². The van der Waals surface area contributed by atoms with Crippen molar-refractivity contribution >= 4 is 5.97 Å². The Balaban J connectivity index is 2.03. The minimum atomic E-state index is -0.495. The molecule has 16 heavy (non-hydrogen) atoms. The van der Waals surface area contributed by atoms with Gasteiger partial charge in [0.15, 0.2) is 0 Å². The first kappa shape index (κ1) is 11.0.